The van der Waals surface area contributed by atoms with Crippen molar-refractivity contribution in [2.45, 2.75) is 51.7 Å². The van der Waals surface area contributed by atoms with Crippen molar-refractivity contribution in [3.63, 3.8) is 0 Å². The number of benzene rings is 1. The van der Waals surface area contributed by atoms with Gasteiger partial charge < -0.3 is 10.1 Å². The zero-order chi connectivity index (χ0) is 15.2. The Morgan fingerprint density at radius 1 is 1.43 bits per heavy atom. The molecule has 1 saturated carbocycles. The second-order valence-electron chi connectivity index (χ2n) is 5.76. The standard InChI is InChI=1S/C16H24N2O3/c1-3-12-5-4-6-15(9-12)21-16-8-7-14(18(19)20)10-13(16)11-17-2/h7-8,10,12,15,17H,3-6,9,11H2,1-2H3. The first-order chi connectivity index (χ1) is 10.1. The molecular weight excluding hydrogens is 268 g/mol. The van der Waals surface area contributed by atoms with E-state index >= 15 is 0 Å². The molecule has 1 fully saturated rings. The quantitative estimate of drug-likeness (QED) is 0.642. The van der Waals surface area contributed by atoms with Crippen LogP contribution in [0.3, 0.4) is 0 Å². The number of nitro benzene ring substituents is 1. The average molecular weight is 292 g/mol. The van der Waals surface area contributed by atoms with Crippen molar-refractivity contribution >= 4 is 5.69 Å². The predicted molar refractivity (Wildman–Crippen MR) is 82.5 cm³/mol. The van der Waals surface area contributed by atoms with Gasteiger partial charge in [-0.25, -0.2) is 0 Å². The van der Waals surface area contributed by atoms with E-state index in [9.17, 15) is 10.1 Å². The first-order valence-corrected chi connectivity index (χ1v) is 7.72. The molecule has 0 radical (unpaired) electrons. The molecule has 0 saturated heterocycles. The largest absolute Gasteiger partial charge is 0.490 e. The summed E-state index contributed by atoms with van der Waals surface area (Å²) >= 11 is 0. The van der Waals surface area contributed by atoms with E-state index in [2.05, 4.69) is 12.2 Å². The first-order valence-electron chi connectivity index (χ1n) is 7.72. The van der Waals surface area contributed by atoms with Crippen LogP contribution in [0.5, 0.6) is 5.75 Å². The van der Waals surface area contributed by atoms with E-state index in [1.807, 2.05) is 7.05 Å². The zero-order valence-electron chi connectivity index (χ0n) is 12.8. The number of hydrogen-bond acceptors (Lipinski definition) is 4. The molecule has 0 spiro atoms. The van der Waals surface area contributed by atoms with Gasteiger partial charge in [-0.05, 0) is 38.3 Å². The van der Waals surface area contributed by atoms with E-state index < -0.39 is 0 Å². The van der Waals surface area contributed by atoms with Gasteiger partial charge in [-0.1, -0.05) is 19.8 Å². The highest BCUT2D eigenvalue weighted by molar-refractivity contribution is 5.43. The topological polar surface area (TPSA) is 64.4 Å². The third-order valence-corrected chi connectivity index (χ3v) is 4.23. The van der Waals surface area contributed by atoms with Crippen molar-refractivity contribution < 1.29 is 9.66 Å². The molecule has 21 heavy (non-hydrogen) atoms. The second kappa shape index (κ2) is 7.41. The van der Waals surface area contributed by atoms with Gasteiger partial charge in [-0.2, -0.15) is 0 Å². The van der Waals surface area contributed by atoms with Crippen LogP contribution >= 0.6 is 0 Å². The van der Waals surface area contributed by atoms with Crippen LogP contribution in [0.1, 0.15) is 44.6 Å². The smallest absolute Gasteiger partial charge is 0.270 e. The van der Waals surface area contributed by atoms with E-state index in [-0.39, 0.29) is 16.7 Å². The Kier molecular flexibility index (Phi) is 5.56. The first kappa shape index (κ1) is 15.8. The molecule has 5 heteroatoms. The van der Waals surface area contributed by atoms with Gasteiger partial charge in [0, 0.05) is 24.2 Å². The zero-order valence-corrected chi connectivity index (χ0v) is 12.8. The van der Waals surface area contributed by atoms with Crippen molar-refractivity contribution in [2.24, 2.45) is 5.92 Å². The molecule has 2 atom stereocenters. The van der Waals surface area contributed by atoms with E-state index in [0.29, 0.717) is 6.54 Å². The van der Waals surface area contributed by atoms with Gasteiger partial charge in [0.05, 0.1) is 11.0 Å². The normalized spacial score (nSPS) is 22.0. The predicted octanol–water partition coefficient (Wildman–Crippen LogP) is 3.66. The maximum atomic E-state index is 10.9. The molecular formula is C16H24N2O3. The fourth-order valence-corrected chi connectivity index (χ4v) is 3.02. The number of hydrogen-bond donors (Lipinski definition) is 1. The van der Waals surface area contributed by atoms with E-state index in [1.54, 1.807) is 12.1 Å². The molecule has 0 bridgehead atoms. The third kappa shape index (κ3) is 4.17. The van der Waals surface area contributed by atoms with E-state index in [1.165, 1.54) is 25.3 Å². The van der Waals surface area contributed by atoms with Gasteiger partial charge in [0.2, 0.25) is 0 Å². The van der Waals surface area contributed by atoms with Crippen LogP contribution in [0.2, 0.25) is 0 Å². The summed E-state index contributed by atoms with van der Waals surface area (Å²) in [6, 6.07) is 4.86. The summed E-state index contributed by atoms with van der Waals surface area (Å²) in [5.41, 5.74) is 0.966. The molecule has 1 aromatic rings. The number of non-ortho nitro benzene ring substituents is 1. The lowest BCUT2D eigenvalue weighted by Crippen LogP contribution is -2.25. The van der Waals surface area contributed by atoms with Crippen molar-refractivity contribution in [2.75, 3.05) is 7.05 Å². The van der Waals surface area contributed by atoms with Gasteiger partial charge >= 0.3 is 0 Å². The van der Waals surface area contributed by atoms with Crippen LogP contribution in [0.4, 0.5) is 5.69 Å². The van der Waals surface area contributed by atoms with Crippen LogP contribution < -0.4 is 10.1 Å². The van der Waals surface area contributed by atoms with Gasteiger partial charge in [-0.3, -0.25) is 10.1 Å². The number of nitrogens with one attached hydrogen (secondary N) is 1. The molecule has 0 amide bonds. The number of nitrogens with zero attached hydrogens (tertiary/aromatic N) is 1. The Balaban J connectivity index is 2.12. The van der Waals surface area contributed by atoms with Crippen molar-refractivity contribution in [3.8, 4) is 5.75 Å². The molecule has 0 aliphatic heterocycles. The fourth-order valence-electron chi connectivity index (χ4n) is 3.02. The van der Waals surface area contributed by atoms with Crippen LogP contribution in [0, 0.1) is 16.0 Å². The lowest BCUT2D eigenvalue weighted by atomic mass is 9.85. The van der Waals surface area contributed by atoms with Crippen LogP contribution in [-0.4, -0.2) is 18.1 Å². The number of nitro groups is 1. The highest BCUT2D eigenvalue weighted by Crippen LogP contribution is 2.32. The van der Waals surface area contributed by atoms with Crippen molar-refractivity contribution in [1.29, 1.82) is 0 Å². The van der Waals surface area contributed by atoms with Crippen LogP contribution in [0.15, 0.2) is 18.2 Å². The van der Waals surface area contributed by atoms with Crippen LogP contribution in [0.25, 0.3) is 0 Å². The summed E-state index contributed by atoms with van der Waals surface area (Å²) < 4.78 is 6.14. The molecule has 1 N–H and O–H groups in total. The molecule has 0 heterocycles. The number of ether oxygens (including phenoxy) is 1. The Labute approximate surface area is 125 Å². The van der Waals surface area contributed by atoms with Gasteiger partial charge in [0.1, 0.15) is 5.75 Å². The van der Waals surface area contributed by atoms with Gasteiger partial charge in [0.15, 0.2) is 0 Å². The monoisotopic (exact) mass is 292 g/mol. The van der Waals surface area contributed by atoms with Crippen LogP contribution in [-0.2, 0) is 6.54 Å². The number of rotatable bonds is 6. The minimum Gasteiger partial charge on any atom is -0.490 e. The van der Waals surface area contributed by atoms with Gasteiger partial charge in [0.25, 0.3) is 5.69 Å². The molecule has 1 aromatic carbocycles. The molecule has 5 nitrogen and oxygen atoms in total. The molecule has 1 aliphatic carbocycles. The molecule has 1 aliphatic rings. The summed E-state index contributed by atoms with van der Waals surface area (Å²) in [6.45, 7) is 2.80. The van der Waals surface area contributed by atoms with Gasteiger partial charge in [-0.15, -0.1) is 0 Å². The maximum absolute atomic E-state index is 10.9. The van der Waals surface area contributed by atoms with Crippen molar-refractivity contribution in [1.82, 2.24) is 5.32 Å². The summed E-state index contributed by atoms with van der Waals surface area (Å²) in [4.78, 5) is 10.5. The summed E-state index contributed by atoms with van der Waals surface area (Å²) in [5, 5.41) is 13.9. The third-order valence-electron chi connectivity index (χ3n) is 4.23. The summed E-state index contributed by atoms with van der Waals surface area (Å²) in [6.07, 6.45) is 6.10. The Morgan fingerprint density at radius 2 is 2.24 bits per heavy atom. The average Bonchev–Trinajstić information content (AvgIpc) is 2.49. The fraction of sp³-hybridized carbons (Fsp3) is 0.625. The highest BCUT2D eigenvalue weighted by atomic mass is 16.6. The van der Waals surface area contributed by atoms with E-state index in [0.717, 1.165) is 30.1 Å². The second-order valence-corrected chi connectivity index (χ2v) is 5.76. The Bertz CT molecular complexity index is 490. The van der Waals surface area contributed by atoms with Crippen molar-refractivity contribution in [3.05, 3.63) is 33.9 Å². The SMILES string of the molecule is CCC1CCCC(Oc2ccc([N+](=O)[O-])cc2CNC)C1. The Hall–Kier alpha value is -1.62. The Morgan fingerprint density at radius 3 is 2.90 bits per heavy atom. The summed E-state index contributed by atoms with van der Waals surface area (Å²) in [5.74, 6) is 1.52. The minimum absolute atomic E-state index is 0.114. The lowest BCUT2D eigenvalue weighted by Gasteiger charge is -2.29. The molecule has 2 rings (SSSR count). The highest BCUT2D eigenvalue weighted by Gasteiger charge is 2.23. The molecule has 0 aromatic heterocycles. The molecule has 2 unspecified atom stereocenters. The lowest BCUT2D eigenvalue weighted by molar-refractivity contribution is -0.384. The summed E-state index contributed by atoms with van der Waals surface area (Å²) in [7, 11) is 1.83. The maximum Gasteiger partial charge on any atom is 0.270 e. The van der Waals surface area contributed by atoms with E-state index in [4.69, 9.17) is 4.74 Å². The minimum atomic E-state index is -0.364. The molecule has 116 valence electrons.